The highest BCUT2D eigenvalue weighted by atomic mass is 16.3. The van der Waals surface area contributed by atoms with Crippen LogP contribution in [0.5, 0.6) is 0 Å². The van der Waals surface area contributed by atoms with Crippen molar-refractivity contribution >= 4 is 5.82 Å². The molecular formula is C10H15N5O. The van der Waals surface area contributed by atoms with E-state index in [1.54, 1.807) is 28.8 Å². The van der Waals surface area contributed by atoms with E-state index in [4.69, 9.17) is 5.73 Å². The van der Waals surface area contributed by atoms with Crippen molar-refractivity contribution in [3.05, 3.63) is 29.7 Å². The number of nitrogens with two attached hydrogens (primary N) is 1. The largest absolute Gasteiger partial charge is 0.388 e. The minimum Gasteiger partial charge on any atom is -0.388 e. The van der Waals surface area contributed by atoms with Gasteiger partial charge in [0.25, 0.3) is 0 Å². The fraction of sp³-hybridized carbons (Fsp3) is 0.400. The number of aromatic nitrogens is 4. The summed E-state index contributed by atoms with van der Waals surface area (Å²) in [5.41, 5.74) is 7.41. The molecule has 86 valence electrons. The molecule has 3 N–H and O–H groups in total. The van der Waals surface area contributed by atoms with Gasteiger partial charge < -0.3 is 10.8 Å². The van der Waals surface area contributed by atoms with E-state index in [0.717, 1.165) is 5.56 Å². The highest BCUT2D eigenvalue weighted by Crippen LogP contribution is 2.22. The molecule has 0 aliphatic heterocycles. The summed E-state index contributed by atoms with van der Waals surface area (Å²) in [6, 6.07) is 0. The van der Waals surface area contributed by atoms with E-state index in [0.29, 0.717) is 17.8 Å². The van der Waals surface area contributed by atoms with Crippen molar-refractivity contribution in [3.8, 4) is 0 Å². The molecule has 0 fully saturated rings. The molecule has 0 amide bonds. The van der Waals surface area contributed by atoms with Crippen molar-refractivity contribution in [2.24, 2.45) is 14.1 Å². The molecule has 1 unspecified atom stereocenters. The van der Waals surface area contributed by atoms with Crippen molar-refractivity contribution in [2.75, 3.05) is 5.73 Å². The third-order valence-electron chi connectivity index (χ3n) is 2.56. The number of aliphatic hydroxyl groups is 1. The average molecular weight is 221 g/mol. The molecule has 2 heterocycles. The zero-order valence-electron chi connectivity index (χ0n) is 9.33. The second kappa shape index (κ2) is 3.97. The number of aliphatic hydroxyl groups excluding tert-OH is 1. The number of nitrogens with zero attached hydrogens (tertiary/aromatic N) is 4. The number of nitrogen functional groups attached to an aromatic ring is 1. The molecule has 0 saturated heterocycles. The number of anilines is 1. The fourth-order valence-corrected chi connectivity index (χ4v) is 1.63. The third-order valence-corrected chi connectivity index (χ3v) is 2.56. The second-order valence-corrected chi connectivity index (χ2v) is 3.85. The Morgan fingerprint density at radius 3 is 2.62 bits per heavy atom. The van der Waals surface area contributed by atoms with Crippen molar-refractivity contribution in [1.29, 1.82) is 0 Å². The predicted molar refractivity (Wildman–Crippen MR) is 59.5 cm³/mol. The van der Waals surface area contributed by atoms with Gasteiger partial charge in [-0.25, -0.2) is 0 Å². The van der Waals surface area contributed by atoms with Gasteiger partial charge in [0.05, 0.1) is 18.5 Å². The van der Waals surface area contributed by atoms with E-state index in [1.165, 1.54) is 0 Å². The van der Waals surface area contributed by atoms with Crippen molar-refractivity contribution in [1.82, 2.24) is 19.6 Å². The van der Waals surface area contributed by atoms with Crippen LogP contribution in [-0.2, 0) is 20.5 Å². The molecule has 2 aromatic heterocycles. The summed E-state index contributed by atoms with van der Waals surface area (Å²) in [6.07, 6.45) is 5.05. The summed E-state index contributed by atoms with van der Waals surface area (Å²) in [5.74, 6) is 0.497. The Morgan fingerprint density at radius 1 is 1.38 bits per heavy atom. The van der Waals surface area contributed by atoms with E-state index >= 15 is 0 Å². The van der Waals surface area contributed by atoms with Crippen molar-refractivity contribution in [2.45, 2.75) is 12.5 Å². The Balaban J connectivity index is 2.14. The fourth-order valence-electron chi connectivity index (χ4n) is 1.63. The van der Waals surface area contributed by atoms with Crippen LogP contribution >= 0.6 is 0 Å². The highest BCUT2D eigenvalue weighted by molar-refractivity contribution is 5.40. The van der Waals surface area contributed by atoms with Gasteiger partial charge >= 0.3 is 0 Å². The summed E-state index contributed by atoms with van der Waals surface area (Å²) in [4.78, 5) is 0. The quantitative estimate of drug-likeness (QED) is 0.765. The van der Waals surface area contributed by atoms with Crippen LogP contribution in [0.3, 0.4) is 0 Å². The van der Waals surface area contributed by atoms with E-state index in [1.807, 2.05) is 13.2 Å². The molecule has 0 saturated carbocycles. The van der Waals surface area contributed by atoms with Crippen LogP contribution in [0.2, 0.25) is 0 Å². The standard InChI is InChI=1S/C10H15N5O/c1-14-6-7(4-12-14)3-9(16)8-5-13-15(2)10(8)11/h4-6,9,16H,3,11H2,1-2H3. The first-order valence-electron chi connectivity index (χ1n) is 5.01. The van der Waals surface area contributed by atoms with Gasteiger partial charge in [-0.15, -0.1) is 0 Å². The van der Waals surface area contributed by atoms with Gasteiger partial charge in [0.2, 0.25) is 0 Å². The van der Waals surface area contributed by atoms with Gasteiger partial charge in [0, 0.05) is 32.3 Å². The summed E-state index contributed by atoms with van der Waals surface area (Å²) in [5, 5.41) is 18.0. The normalized spacial score (nSPS) is 12.9. The molecule has 0 radical (unpaired) electrons. The molecule has 0 spiro atoms. The summed E-state index contributed by atoms with van der Waals surface area (Å²) >= 11 is 0. The Kier molecular flexibility index (Phi) is 2.66. The molecule has 6 nitrogen and oxygen atoms in total. The Labute approximate surface area is 93.3 Å². The van der Waals surface area contributed by atoms with Crippen LogP contribution in [-0.4, -0.2) is 24.7 Å². The third kappa shape index (κ3) is 1.92. The van der Waals surface area contributed by atoms with E-state index in [2.05, 4.69) is 10.2 Å². The topological polar surface area (TPSA) is 81.9 Å². The molecule has 0 aromatic carbocycles. The Bertz CT molecular complexity index is 487. The Hall–Kier alpha value is -1.82. The van der Waals surface area contributed by atoms with Gasteiger partial charge in [-0.2, -0.15) is 10.2 Å². The number of rotatable bonds is 3. The first-order valence-corrected chi connectivity index (χ1v) is 5.01. The maximum absolute atomic E-state index is 10.0. The smallest absolute Gasteiger partial charge is 0.127 e. The zero-order valence-corrected chi connectivity index (χ0v) is 9.33. The maximum atomic E-state index is 10.0. The molecular weight excluding hydrogens is 206 g/mol. The molecule has 6 heteroatoms. The first-order chi connectivity index (χ1) is 7.58. The van der Waals surface area contributed by atoms with Gasteiger partial charge in [-0.1, -0.05) is 0 Å². The molecule has 2 aromatic rings. The number of hydrogen-bond donors (Lipinski definition) is 2. The van der Waals surface area contributed by atoms with E-state index in [9.17, 15) is 5.11 Å². The van der Waals surface area contributed by atoms with Gasteiger partial charge in [-0.3, -0.25) is 9.36 Å². The van der Waals surface area contributed by atoms with Gasteiger partial charge in [0.15, 0.2) is 0 Å². The molecule has 0 aliphatic carbocycles. The lowest BCUT2D eigenvalue weighted by atomic mass is 10.1. The van der Waals surface area contributed by atoms with Crippen LogP contribution in [0.4, 0.5) is 5.82 Å². The van der Waals surface area contributed by atoms with Gasteiger partial charge in [0.1, 0.15) is 5.82 Å². The average Bonchev–Trinajstić information content (AvgIpc) is 2.76. The minimum atomic E-state index is -0.641. The van der Waals surface area contributed by atoms with Crippen molar-refractivity contribution < 1.29 is 5.11 Å². The lowest BCUT2D eigenvalue weighted by Crippen LogP contribution is -2.05. The van der Waals surface area contributed by atoms with E-state index < -0.39 is 6.10 Å². The number of aryl methyl sites for hydroxylation is 2. The summed E-state index contributed by atoms with van der Waals surface area (Å²) in [6.45, 7) is 0. The van der Waals surface area contributed by atoms with Crippen LogP contribution in [0.25, 0.3) is 0 Å². The lowest BCUT2D eigenvalue weighted by Gasteiger charge is -2.08. The highest BCUT2D eigenvalue weighted by Gasteiger charge is 2.15. The second-order valence-electron chi connectivity index (χ2n) is 3.85. The summed E-state index contributed by atoms with van der Waals surface area (Å²) in [7, 11) is 3.59. The predicted octanol–water partition coefficient (Wildman–Crippen LogP) is 0.0119. The van der Waals surface area contributed by atoms with E-state index in [-0.39, 0.29) is 0 Å². The van der Waals surface area contributed by atoms with Crippen LogP contribution in [0.15, 0.2) is 18.6 Å². The van der Waals surface area contributed by atoms with Gasteiger partial charge in [-0.05, 0) is 5.56 Å². The minimum absolute atomic E-state index is 0.490. The summed E-state index contributed by atoms with van der Waals surface area (Å²) < 4.78 is 3.25. The van der Waals surface area contributed by atoms with Crippen LogP contribution in [0.1, 0.15) is 17.2 Å². The monoisotopic (exact) mass is 221 g/mol. The SMILES string of the molecule is Cn1cc(CC(O)c2cnn(C)c2N)cn1. The number of hydrogen-bond acceptors (Lipinski definition) is 4. The molecule has 0 bridgehead atoms. The lowest BCUT2D eigenvalue weighted by molar-refractivity contribution is 0.179. The molecule has 1 atom stereocenters. The molecule has 0 aliphatic rings. The maximum Gasteiger partial charge on any atom is 0.127 e. The van der Waals surface area contributed by atoms with Crippen LogP contribution < -0.4 is 5.73 Å². The molecule has 16 heavy (non-hydrogen) atoms. The zero-order chi connectivity index (χ0) is 11.7. The van der Waals surface area contributed by atoms with Crippen LogP contribution in [0, 0.1) is 0 Å². The molecule has 2 rings (SSSR count). The Morgan fingerprint density at radius 2 is 2.12 bits per heavy atom. The first kappa shape index (κ1) is 10.7. The van der Waals surface area contributed by atoms with Crippen molar-refractivity contribution in [3.63, 3.8) is 0 Å².